The van der Waals surface area contributed by atoms with Gasteiger partial charge in [-0.15, -0.1) is 11.8 Å². The maximum atomic E-state index is 12.1. The molecular weight excluding hydrogens is 354 g/mol. The molecule has 0 aliphatic heterocycles. The van der Waals surface area contributed by atoms with E-state index in [-0.39, 0.29) is 18.0 Å². The van der Waals surface area contributed by atoms with Gasteiger partial charge in [0.2, 0.25) is 5.91 Å². The van der Waals surface area contributed by atoms with Gasteiger partial charge in [0.1, 0.15) is 6.04 Å². The minimum absolute atomic E-state index is 0.118. The van der Waals surface area contributed by atoms with Crippen molar-refractivity contribution in [3.05, 3.63) is 41.3 Å². The van der Waals surface area contributed by atoms with Crippen LogP contribution in [0.25, 0.3) is 6.08 Å². The summed E-state index contributed by atoms with van der Waals surface area (Å²) < 4.78 is 5.22. The lowest BCUT2D eigenvalue weighted by Crippen LogP contribution is -2.43. The Kier molecular flexibility index (Phi) is 11.2. The Balaban J connectivity index is 2.35. The van der Waals surface area contributed by atoms with Gasteiger partial charge in [0.05, 0.1) is 6.10 Å². The molecule has 1 aromatic rings. The normalized spacial score (nSPS) is 12.3. The van der Waals surface area contributed by atoms with Crippen molar-refractivity contribution in [2.45, 2.75) is 38.8 Å². The summed E-state index contributed by atoms with van der Waals surface area (Å²) >= 11 is 3.22. The van der Waals surface area contributed by atoms with E-state index in [4.69, 9.17) is 4.74 Å². The number of carbonyl (C=O) groups is 2. The maximum Gasteiger partial charge on any atom is 0.328 e. The van der Waals surface area contributed by atoms with E-state index >= 15 is 0 Å². The van der Waals surface area contributed by atoms with Crippen LogP contribution >= 0.6 is 23.5 Å². The fourth-order valence-electron chi connectivity index (χ4n) is 1.98. The molecule has 0 heterocycles. The average Bonchev–Trinajstić information content (AvgIpc) is 2.58. The molecular formula is C19H27NO3S2. The average molecular weight is 382 g/mol. The van der Waals surface area contributed by atoms with Crippen LogP contribution in [-0.2, 0) is 14.3 Å². The topological polar surface area (TPSA) is 55.4 Å². The van der Waals surface area contributed by atoms with Gasteiger partial charge < -0.3 is 10.1 Å². The summed E-state index contributed by atoms with van der Waals surface area (Å²) in [5.41, 5.74) is 1.13. The molecule has 1 atom stereocenters. The molecule has 1 amide bonds. The fourth-order valence-corrected chi connectivity index (χ4v) is 3.14. The number of benzene rings is 1. The van der Waals surface area contributed by atoms with Crippen LogP contribution < -0.4 is 5.32 Å². The SMILES string of the molecule is CSCCC(NC(=O)CCS/C=C/c1ccccc1)C(=O)OC(C)C. The van der Waals surface area contributed by atoms with Crippen molar-refractivity contribution in [2.75, 3.05) is 17.8 Å². The fraction of sp³-hybridized carbons (Fsp3) is 0.474. The molecule has 1 aromatic carbocycles. The molecule has 0 bridgehead atoms. The maximum absolute atomic E-state index is 12.1. The van der Waals surface area contributed by atoms with Gasteiger partial charge in [0, 0.05) is 12.2 Å². The van der Waals surface area contributed by atoms with Crippen LogP contribution in [0.4, 0.5) is 0 Å². The molecule has 0 fully saturated rings. The second kappa shape index (κ2) is 12.9. The van der Waals surface area contributed by atoms with Gasteiger partial charge in [0.15, 0.2) is 0 Å². The van der Waals surface area contributed by atoms with E-state index in [1.165, 1.54) is 0 Å². The van der Waals surface area contributed by atoms with E-state index in [1.54, 1.807) is 37.4 Å². The molecule has 0 saturated heterocycles. The predicted molar refractivity (Wildman–Crippen MR) is 109 cm³/mol. The van der Waals surface area contributed by atoms with Gasteiger partial charge in [-0.05, 0) is 49.3 Å². The highest BCUT2D eigenvalue weighted by molar-refractivity contribution is 8.02. The van der Waals surface area contributed by atoms with Crippen LogP contribution in [0.1, 0.15) is 32.3 Å². The van der Waals surface area contributed by atoms with Crippen molar-refractivity contribution in [1.29, 1.82) is 0 Å². The molecule has 25 heavy (non-hydrogen) atoms. The third kappa shape index (κ3) is 10.2. The number of esters is 1. The van der Waals surface area contributed by atoms with Crippen molar-refractivity contribution in [3.8, 4) is 0 Å². The molecule has 1 N–H and O–H groups in total. The lowest BCUT2D eigenvalue weighted by Gasteiger charge is -2.18. The molecule has 0 aliphatic carbocycles. The number of ether oxygens (including phenoxy) is 1. The molecule has 4 nitrogen and oxygen atoms in total. The summed E-state index contributed by atoms with van der Waals surface area (Å²) in [6.45, 7) is 3.61. The Morgan fingerprint density at radius 1 is 1.20 bits per heavy atom. The zero-order valence-electron chi connectivity index (χ0n) is 15.1. The molecule has 0 aromatic heterocycles. The number of rotatable bonds is 11. The first-order chi connectivity index (χ1) is 12.0. The monoisotopic (exact) mass is 381 g/mol. The minimum Gasteiger partial charge on any atom is -0.461 e. The number of thioether (sulfide) groups is 2. The zero-order chi connectivity index (χ0) is 18.5. The van der Waals surface area contributed by atoms with Crippen LogP contribution in [0.2, 0.25) is 0 Å². The van der Waals surface area contributed by atoms with Gasteiger partial charge in [0.25, 0.3) is 0 Å². The Morgan fingerprint density at radius 3 is 2.56 bits per heavy atom. The largest absolute Gasteiger partial charge is 0.461 e. The summed E-state index contributed by atoms with van der Waals surface area (Å²) in [7, 11) is 0. The molecule has 0 radical (unpaired) electrons. The predicted octanol–water partition coefficient (Wildman–Crippen LogP) is 3.97. The molecule has 138 valence electrons. The summed E-state index contributed by atoms with van der Waals surface area (Å²) in [5, 5.41) is 4.79. The summed E-state index contributed by atoms with van der Waals surface area (Å²) in [5.74, 6) is 0.998. The first-order valence-corrected chi connectivity index (χ1v) is 10.8. The van der Waals surface area contributed by atoms with Gasteiger partial charge in [-0.2, -0.15) is 11.8 Å². The van der Waals surface area contributed by atoms with Crippen molar-refractivity contribution in [3.63, 3.8) is 0 Å². The highest BCUT2D eigenvalue weighted by Crippen LogP contribution is 2.10. The van der Waals surface area contributed by atoms with Crippen LogP contribution in [0.15, 0.2) is 35.7 Å². The minimum atomic E-state index is -0.563. The van der Waals surface area contributed by atoms with Crippen LogP contribution in [0.5, 0.6) is 0 Å². The Morgan fingerprint density at radius 2 is 1.92 bits per heavy atom. The highest BCUT2D eigenvalue weighted by Gasteiger charge is 2.22. The van der Waals surface area contributed by atoms with E-state index in [9.17, 15) is 9.59 Å². The molecule has 0 spiro atoms. The molecule has 6 heteroatoms. The van der Waals surface area contributed by atoms with Gasteiger partial charge in [-0.1, -0.05) is 30.3 Å². The van der Waals surface area contributed by atoms with Crippen LogP contribution in [0, 0.1) is 0 Å². The Hall–Kier alpha value is -1.40. The lowest BCUT2D eigenvalue weighted by atomic mass is 10.2. The van der Waals surface area contributed by atoms with E-state index in [0.717, 1.165) is 11.3 Å². The van der Waals surface area contributed by atoms with Gasteiger partial charge in [-0.25, -0.2) is 4.79 Å². The summed E-state index contributed by atoms with van der Waals surface area (Å²) in [4.78, 5) is 24.1. The number of nitrogens with one attached hydrogen (secondary N) is 1. The molecule has 1 rings (SSSR count). The standard InChI is InChI=1S/C19H27NO3S2/c1-15(2)23-19(22)17(10-12-24-3)20-18(21)11-14-25-13-9-16-7-5-4-6-8-16/h4-9,13,15,17H,10-12,14H2,1-3H3,(H,20,21)/b13-9+. The van der Waals surface area contributed by atoms with E-state index in [0.29, 0.717) is 18.6 Å². The quantitative estimate of drug-likeness (QED) is 0.464. The lowest BCUT2D eigenvalue weighted by molar-refractivity contribution is -0.151. The first-order valence-electron chi connectivity index (χ1n) is 8.35. The van der Waals surface area contributed by atoms with E-state index in [1.807, 2.05) is 48.1 Å². The van der Waals surface area contributed by atoms with Crippen molar-refractivity contribution < 1.29 is 14.3 Å². The molecule has 0 aliphatic rings. The second-order valence-corrected chi connectivity index (χ2v) is 7.72. The smallest absolute Gasteiger partial charge is 0.328 e. The highest BCUT2D eigenvalue weighted by atomic mass is 32.2. The number of amides is 1. The van der Waals surface area contributed by atoms with Crippen molar-refractivity contribution in [2.24, 2.45) is 0 Å². The van der Waals surface area contributed by atoms with Gasteiger partial charge in [-0.3, -0.25) is 4.79 Å². The van der Waals surface area contributed by atoms with Crippen LogP contribution in [0.3, 0.4) is 0 Å². The number of carbonyl (C=O) groups excluding carboxylic acids is 2. The van der Waals surface area contributed by atoms with Crippen molar-refractivity contribution >= 4 is 41.5 Å². The number of hydrogen-bond acceptors (Lipinski definition) is 5. The van der Waals surface area contributed by atoms with Gasteiger partial charge >= 0.3 is 5.97 Å². The summed E-state index contributed by atoms with van der Waals surface area (Å²) in [6, 6.07) is 9.45. The third-order valence-electron chi connectivity index (χ3n) is 3.19. The van der Waals surface area contributed by atoms with E-state index < -0.39 is 6.04 Å². The third-order valence-corrected chi connectivity index (χ3v) is 4.60. The zero-order valence-corrected chi connectivity index (χ0v) is 16.7. The summed E-state index contributed by atoms with van der Waals surface area (Å²) in [6.07, 6.45) is 4.76. The van der Waals surface area contributed by atoms with E-state index in [2.05, 4.69) is 5.32 Å². The van der Waals surface area contributed by atoms with Crippen molar-refractivity contribution in [1.82, 2.24) is 5.32 Å². The Labute approximate surface area is 159 Å². The first kappa shape index (κ1) is 21.6. The molecule has 1 unspecified atom stereocenters. The second-order valence-electron chi connectivity index (χ2n) is 5.72. The Bertz CT molecular complexity index is 547. The molecule has 0 saturated carbocycles. The van der Waals surface area contributed by atoms with Crippen LogP contribution in [-0.4, -0.2) is 41.8 Å². The number of hydrogen-bond donors (Lipinski definition) is 1.